The van der Waals surface area contributed by atoms with Gasteiger partial charge in [-0.15, -0.1) is 0 Å². The van der Waals surface area contributed by atoms with Crippen LogP contribution in [0.1, 0.15) is 32.6 Å². The highest BCUT2D eigenvalue weighted by atomic mass is 16.5. The van der Waals surface area contributed by atoms with E-state index in [0.717, 1.165) is 22.3 Å². The lowest BCUT2D eigenvalue weighted by Crippen LogP contribution is -2.13. The zero-order valence-electron chi connectivity index (χ0n) is 12.2. The predicted octanol–water partition coefficient (Wildman–Crippen LogP) is 2.08. The summed E-state index contributed by atoms with van der Waals surface area (Å²) in [5, 5.41) is 9.10. The van der Waals surface area contributed by atoms with E-state index in [0.29, 0.717) is 37.1 Å². The number of amidine groups is 1. The van der Waals surface area contributed by atoms with Crippen LogP contribution in [0.5, 0.6) is 11.5 Å². The summed E-state index contributed by atoms with van der Waals surface area (Å²) in [4.78, 5) is 15.3. The maximum absolute atomic E-state index is 11.1. The van der Waals surface area contributed by atoms with Gasteiger partial charge in [-0.1, -0.05) is 6.07 Å². The summed E-state index contributed by atoms with van der Waals surface area (Å²) >= 11 is 0. The monoisotopic (exact) mass is 310 g/mol. The molecule has 6 nitrogen and oxygen atoms in total. The molecule has 116 valence electrons. The summed E-state index contributed by atoms with van der Waals surface area (Å²) in [7, 11) is 0. The van der Waals surface area contributed by atoms with Crippen LogP contribution in [0, 0.1) is 0 Å². The number of nitrogens with two attached hydrogens (primary N) is 1. The van der Waals surface area contributed by atoms with E-state index in [2.05, 4.69) is 4.99 Å². The molecule has 0 saturated heterocycles. The quantitative estimate of drug-likeness (QED) is 0.841. The maximum atomic E-state index is 11.1. The molecule has 0 atom stereocenters. The number of rotatable bonds is 1. The average molecular weight is 310 g/mol. The Balaban J connectivity index is 1.70. The third-order valence-corrected chi connectivity index (χ3v) is 4.08. The first-order chi connectivity index (χ1) is 11.1. The fourth-order valence-corrected chi connectivity index (χ4v) is 2.80. The molecule has 0 spiro atoms. The number of ether oxygens (including phenoxy) is 2. The lowest BCUT2D eigenvalue weighted by atomic mass is 10.0. The van der Waals surface area contributed by atoms with Crippen molar-refractivity contribution in [1.29, 1.82) is 0 Å². The van der Waals surface area contributed by atoms with Crippen molar-refractivity contribution in [3.8, 4) is 11.5 Å². The molecule has 23 heavy (non-hydrogen) atoms. The Morgan fingerprint density at radius 1 is 1.04 bits per heavy atom. The van der Waals surface area contributed by atoms with E-state index >= 15 is 0 Å². The van der Waals surface area contributed by atoms with Crippen molar-refractivity contribution in [2.45, 2.75) is 19.8 Å². The SMILES string of the molecule is NC1=NCc2cc3c(cc21)OCc1ccc(C(=O)O)cc1CO3. The summed E-state index contributed by atoms with van der Waals surface area (Å²) < 4.78 is 11.7. The van der Waals surface area contributed by atoms with Crippen LogP contribution in [-0.4, -0.2) is 16.9 Å². The van der Waals surface area contributed by atoms with Crippen LogP contribution in [0.3, 0.4) is 0 Å². The molecule has 0 bridgehead atoms. The van der Waals surface area contributed by atoms with E-state index < -0.39 is 5.97 Å². The number of carboxylic acid groups (broad SMARTS) is 1. The molecule has 4 rings (SSSR count). The molecule has 3 N–H and O–H groups in total. The van der Waals surface area contributed by atoms with Crippen LogP contribution in [0.15, 0.2) is 35.3 Å². The Morgan fingerprint density at radius 2 is 1.78 bits per heavy atom. The summed E-state index contributed by atoms with van der Waals surface area (Å²) in [6.45, 7) is 1.18. The number of hydrogen-bond donors (Lipinski definition) is 2. The Morgan fingerprint density at radius 3 is 2.57 bits per heavy atom. The second-order valence-corrected chi connectivity index (χ2v) is 5.52. The fourth-order valence-electron chi connectivity index (χ4n) is 2.80. The highest BCUT2D eigenvalue weighted by Gasteiger charge is 2.21. The molecular formula is C17H14N2O4. The van der Waals surface area contributed by atoms with Crippen molar-refractivity contribution >= 4 is 11.8 Å². The third-order valence-electron chi connectivity index (χ3n) is 4.08. The second-order valence-electron chi connectivity index (χ2n) is 5.52. The van der Waals surface area contributed by atoms with Gasteiger partial charge in [0.2, 0.25) is 0 Å². The molecule has 2 aromatic carbocycles. The minimum atomic E-state index is -0.957. The van der Waals surface area contributed by atoms with Crippen LogP contribution in [-0.2, 0) is 19.8 Å². The normalized spacial score (nSPS) is 15.0. The summed E-state index contributed by atoms with van der Waals surface area (Å²) in [6.07, 6.45) is 0. The van der Waals surface area contributed by atoms with Gasteiger partial charge in [0, 0.05) is 5.56 Å². The van der Waals surface area contributed by atoms with Gasteiger partial charge in [-0.3, -0.25) is 4.99 Å². The third kappa shape index (κ3) is 2.28. The van der Waals surface area contributed by atoms with E-state index in [1.54, 1.807) is 18.2 Å². The molecule has 6 heteroatoms. The number of benzene rings is 2. The number of aromatic carboxylic acids is 1. The van der Waals surface area contributed by atoms with Crippen LogP contribution in [0.25, 0.3) is 0 Å². The highest BCUT2D eigenvalue weighted by molar-refractivity contribution is 6.01. The maximum Gasteiger partial charge on any atom is 0.335 e. The minimum absolute atomic E-state index is 0.239. The number of carbonyl (C=O) groups is 1. The highest BCUT2D eigenvalue weighted by Crippen LogP contribution is 2.36. The van der Waals surface area contributed by atoms with E-state index in [1.165, 1.54) is 0 Å². The van der Waals surface area contributed by atoms with Crippen LogP contribution in [0.2, 0.25) is 0 Å². The lowest BCUT2D eigenvalue weighted by molar-refractivity contribution is 0.0696. The summed E-state index contributed by atoms with van der Waals surface area (Å²) in [6, 6.07) is 8.70. The van der Waals surface area contributed by atoms with Crippen molar-refractivity contribution in [2.75, 3.05) is 0 Å². The molecule has 2 heterocycles. The Kier molecular flexibility index (Phi) is 2.97. The van der Waals surface area contributed by atoms with Gasteiger partial charge in [-0.05, 0) is 41.0 Å². The Bertz CT molecular complexity index is 858. The van der Waals surface area contributed by atoms with E-state index in [4.69, 9.17) is 20.3 Å². The molecule has 0 radical (unpaired) electrons. The zero-order chi connectivity index (χ0) is 16.0. The molecule has 0 amide bonds. The summed E-state index contributed by atoms with van der Waals surface area (Å²) in [5.74, 6) is 0.804. The standard InChI is InChI=1S/C17H14N2O4/c18-16-13-5-15-14(4-11(13)6-19-16)23-8-12-3-9(17(20)21)1-2-10(12)7-22-15/h1-5H,6-8H2,(H2,18,19)(H,20,21). The van der Waals surface area contributed by atoms with Crippen LogP contribution >= 0.6 is 0 Å². The molecule has 2 aromatic rings. The Hall–Kier alpha value is -3.02. The van der Waals surface area contributed by atoms with Crippen molar-refractivity contribution < 1.29 is 19.4 Å². The largest absolute Gasteiger partial charge is 0.485 e. The van der Waals surface area contributed by atoms with Gasteiger partial charge in [0.25, 0.3) is 0 Å². The van der Waals surface area contributed by atoms with Crippen LogP contribution < -0.4 is 15.2 Å². The lowest BCUT2D eigenvalue weighted by Gasteiger charge is -2.20. The van der Waals surface area contributed by atoms with Gasteiger partial charge in [0.05, 0.1) is 12.1 Å². The smallest absolute Gasteiger partial charge is 0.335 e. The predicted molar refractivity (Wildman–Crippen MR) is 82.9 cm³/mol. The van der Waals surface area contributed by atoms with E-state index in [-0.39, 0.29) is 5.56 Å². The van der Waals surface area contributed by atoms with Crippen molar-refractivity contribution in [1.82, 2.24) is 0 Å². The number of fused-ring (bicyclic) bond motifs is 3. The first-order valence-corrected chi connectivity index (χ1v) is 7.20. The molecule has 2 aliphatic rings. The van der Waals surface area contributed by atoms with Gasteiger partial charge >= 0.3 is 5.97 Å². The van der Waals surface area contributed by atoms with Crippen molar-refractivity contribution in [2.24, 2.45) is 10.7 Å². The van der Waals surface area contributed by atoms with Crippen molar-refractivity contribution in [3.63, 3.8) is 0 Å². The van der Waals surface area contributed by atoms with Gasteiger partial charge in [-0.25, -0.2) is 4.79 Å². The fraction of sp³-hybridized carbons (Fsp3) is 0.176. The number of hydrogen-bond acceptors (Lipinski definition) is 5. The van der Waals surface area contributed by atoms with Crippen LogP contribution in [0.4, 0.5) is 0 Å². The van der Waals surface area contributed by atoms with Crippen molar-refractivity contribution in [3.05, 3.63) is 58.1 Å². The van der Waals surface area contributed by atoms with Gasteiger partial charge in [-0.2, -0.15) is 0 Å². The molecule has 0 unspecified atom stereocenters. The van der Waals surface area contributed by atoms with E-state index in [9.17, 15) is 4.79 Å². The summed E-state index contributed by atoms with van der Waals surface area (Å²) in [5.41, 5.74) is 9.71. The van der Waals surface area contributed by atoms with E-state index in [1.807, 2.05) is 12.1 Å². The van der Waals surface area contributed by atoms with Gasteiger partial charge < -0.3 is 20.3 Å². The van der Waals surface area contributed by atoms with Gasteiger partial charge in [0.1, 0.15) is 19.0 Å². The number of nitrogens with zero attached hydrogens (tertiary/aromatic N) is 1. The molecular weight excluding hydrogens is 296 g/mol. The zero-order valence-corrected chi connectivity index (χ0v) is 12.2. The average Bonchev–Trinajstić information content (AvgIpc) is 2.89. The molecule has 0 aliphatic carbocycles. The molecule has 0 fully saturated rings. The van der Waals surface area contributed by atoms with Gasteiger partial charge in [0.15, 0.2) is 11.5 Å². The minimum Gasteiger partial charge on any atom is -0.485 e. The number of aliphatic imine (C=N–C) groups is 1. The molecule has 0 aromatic heterocycles. The first kappa shape index (κ1) is 13.6. The number of carboxylic acids is 1. The second kappa shape index (κ2) is 5.01. The molecule has 0 saturated carbocycles. The Labute approximate surface area is 132 Å². The molecule has 2 aliphatic heterocycles. The topological polar surface area (TPSA) is 94.1 Å². The first-order valence-electron chi connectivity index (χ1n) is 7.20.